The molecule has 2 aliphatic carbocycles. The van der Waals surface area contributed by atoms with E-state index >= 15 is 4.39 Å². The molecule has 5 heteroatoms. The summed E-state index contributed by atoms with van der Waals surface area (Å²) in [5.74, 6) is 1.02. The van der Waals surface area contributed by atoms with Gasteiger partial charge in [-0.1, -0.05) is 63.6 Å². The van der Waals surface area contributed by atoms with E-state index in [0.29, 0.717) is 18.8 Å². The molecule has 0 aromatic heterocycles. The summed E-state index contributed by atoms with van der Waals surface area (Å²) in [6, 6.07) is 10.3. The molecule has 0 heterocycles. The first kappa shape index (κ1) is 26.0. The van der Waals surface area contributed by atoms with Gasteiger partial charge < -0.3 is 4.74 Å². The number of benzene rings is 2. The average Bonchev–Trinajstić information content (AvgIpc) is 2.83. The third-order valence-electron chi connectivity index (χ3n) is 8.14. The van der Waals surface area contributed by atoms with Crippen molar-refractivity contribution >= 4 is 0 Å². The van der Waals surface area contributed by atoms with Gasteiger partial charge in [-0.2, -0.15) is 0 Å². The molecule has 0 bridgehead atoms. The Kier molecular flexibility index (Phi) is 8.77. The van der Waals surface area contributed by atoms with Crippen molar-refractivity contribution in [2.24, 2.45) is 5.92 Å². The summed E-state index contributed by atoms with van der Waals surface area (Å²) in [5, 5.41) is 0. The van der Waals surface area contributed by atoms with Crippen molar-refractivity contribution < 1.29 is 22.3 Å². The summed E-state index contributed by atoms with van der Waals surface area (Å²) in [5.41, 5.74) is 3.70. The highest BCUT2D eigenvalue weighted by molar-refractivity contribution is 5.40. The lowest BCUT2D eigenvalue weighted by atomic mass is 9.76. The van der Waals surface area contributed by atoms with Crippen molar-refractivity contribution in [3.63, 3.8) is 0 Å². The van der Waals surface area contributed by atoms with Gasteiger partial charge in [0.05, 0.1) is 0 Å². The molecule has 1 unspecified atom stereocenters. The number of hydrogen-bond acceptors (Lipinski definition) is 1. The zero-order chi connectivity index (χ0) is 24.8. The van der Waals surface area contributed by atoms with E-state index in [0.717, 1.165) is 47.4 Å². The smallest absolute Gasteiger partial charge is 0.406 e. The van der Waals surface area contributed by atoms with E-state index in [4.69, 9.17) is 0 Å². The van der Waals surface area contributed by atoms with Crippen molar-refractivity contribution in [1.29, 1.82) is 0 Å². The Bertz CT molecular complexity index is 959. The topological polar surface area (TPSA) is 9.23 Å². The lowest BCUT2D eigenvalue weighted by Gasteiger charge is -2.30. The van der Waals surface area contributed by atoms with E-state index in [1.165, 1.54) is 63.5 Å². The highest BCUT2D eigenvalue weighted by Crippen LogP contribution is 2.40. The van der Waals surface area contributed by atoms with E-state index in [1.54, 1.807) is 12.1 Å². The molecule has 0 N–H and O–H groups in total. The fourth-order valence-corrected chi connectivity index (χ4v) is 6.14. The predicted octanol–water partition coefficient (Wildman–Crippen LogP) is 9.63. The molecule has 1 atom stereocenters. The number of hydrogen-bond donors (Lipinski definition) is 0. The molecule has 1 fully saturated rings. The Labute approximate surface area is 207 Å². The Hall–Kier alpha value is -2.04. The second kappa shape index (κ2) is 11.8. The number of halogens is 4. The fraction of sp³-hybridized carbons (Fsp3) is 0.600. The van der Waals surface area contributed by atoms with Gasteiger partial charge in [-0.3, -0.25) is 0 Å². The first-order valence-electron chi connectivity index (χ1n) is 13.5. The van der Waals surface area contributed by atoms with Crippen LogP contribution < -0.4 is 4.74 Å². The second-order valence-corrected chi connectivity index (χ2v) is 10.6. The van der Waals surface area contributed by atoms with Gasteiger partial charge in [0.25, 0.3) is 0 Å². The van der Waals surface area contributed by atoms with Crippen LogP contribution in [0.2, 0.25) is 0 Å². The molecule has 2 aromatic rings. The zero-order valence-corrected chi connectivity index (χ0v) is 20.8. The van der Waals surface area contributed by atoms with Gasteiger partial charge >= 0.3 is 6.36 Å². The maximum Gasteiger partial charge on any atom is 0.573 e. The van der Waals surface area contributed by atoms with Crippen LogP contribution in [-0.2, 0) is 12.8 Å². The Balaban J connectivity index is 1.31. The molecule has 4 rings (SSSR count). The number of aryl methyl sites for hydroxylation is 1. The van der Waals surface area contributed by atoms with Gasteiger partial charge in [-0.15, -0.1) is 13.2 Å². The maximum absolute atomic E-state index is 15.2. The van der Waals surface area contributed by atoms with Crippen LogP contribution >= 0.6 is 0 Å². The number of ether oxygens (including phenoxy) is 1. The quantitative estimate of drug-likeness (QED) is 0.251. The lowest BCUT2D eigenvalue weighted by molar-refractivity contribution is -0.274. The Morgan fingerprint density at radius 1 is 0.829 bits per heavy atom. The van der Waals surface area contributed by atoms with Gasteiger partial charge in [0.2, 0.25) is 0 Å². The van der Waals surface area contributed by atoms with Crippen LogP contribution in [0.3, 0.4) is 0 Å². The van der Waals surface area contributed by atoms with Gasteiger partial charge in [0, 0.05) is 0 Å². The lowest BCUT2D eigenvalue weighted by Crippen LogP contribution is -2.18. The third kappa shape index (κ3) is 7.24. The summed E-state index contributed by atoms with van der Waals surface area (Å²) in [4.78, 5) is 0. The molecule has 192 valence electrons. The van der Waals surface area contributed by atoms with Gasteiger partial charge in [0.1, 0.15) is 11.6 Å². The molecule has 1 nitrogen and oxygen atoms in total. The summed E-state index contributed by atoms with van der Waals surface area (Å²) in [6.07, 6.45) is 10.1. The molecule has 0 aliphatic heterocycles. The van der Waals surface area contributed by atoms with E-state index in [-0.39, 0.29) is 17.5 Å². The number of unbranched alkanes of at least 4 members (excludes halogenated alkanes) is 4. The second-order valence-electron chi connectivity index (χ2n) is 10.6. The molecule has 2 aliphatic rings. The molecular formula is C30H38F4O. The molecule has 2 aromatic carbocycles. The van der Waals surface area contributed by atoms with Crippen LogP contribution in [0.4, 0.5) is 17.6 Å². The van der Waals surface area contributed by atoms with Crippen molar-refractivity contribution in [2.75, 3.05) is 0 Å². The molecule has 35 heavy (non-hydrogen) atoms. The van der Waals surface area contributed by atoms with Gasteiger partial charge in [0.15, 0.2) is 0 Å². The molecule has 0 radical (unpaired) electrons. The Morgan fingerprint density at radius 3 is 2.31 bits per heavy atom. The molecule has 1 saturated carbocycles. The molecular weight excluding hydrogens is 452 g/mol. The number of fused-ring (bicyclic) bond motifs is 1. The van der Waals surface area contributed by atoms with Gasteiger partial charge in [-0.05, 0) is 103 Å². The van der Waals surface area contributed by atoms with Crippen LogP contribution in [0.25, 0.3) is 0 Å². The normalized spacial score (nSPS) is 22.6. The summed E-state index contributed by atoms with van der Waals surface area (Å²) < 4.78 is 56.8. The van der Waals surface area contributed by atoms with E-state index in [2.05, 4.69) is 17.7 Å². The van der Waals surface area contributed by atoms with Gasteiger partial charge in [-0.25, -0.2) is 4.39 Å². The monoisotopic (exact) mass is 490 g/mol. The SMILES string of the molecule is CCCCCCCC1CCC(c2ccc(C3CCc4cc(OC(F)(F)F)ccc4C3)c(F)c2)CC1. The van der Waals surface area contributed by atoms with Crippen LogP contribution in [0.1, 0.15) is 112 Å². The largest absolute Gasteiger partial charge is 0.573 e. The first-order valence-corrected chi connectivity index (χ1v) is 13.5. The van der Waals surface area contributed by atoms with E-state index < -0.39 is 6.36 Å². The summed E-state index contributed by atoms with van der Waals surface area (Å²) >= 11 is 0. The minimum Gasteiger partial charge on any atom is -0.406 e. The fourth-order valence-electron chi connectivity index (χ4n) is 6.14. The van der Waals surface area contributed by atoms with E-state index in [9.17, 15) is 13.2 Å². The molecule has 0 spiro atoms. The maximum atomic E-state index is 15.2. The van der Waals surface area contributed by atoms with Crippen LogP contribution in [0.5, 0.6) is 5.75 Å². The first-order chi connectivity index (χ1) is 16.8. The minimum absolute atomic E-state index is 0.0504. The van der Waals surface area contributed by atoms with Crippen molar-refractivity contribution in [3.8, 4) is 5.75 Å². The highest BCUT2D eigenvalue weighted by atomic mass is 19.4. The predicted molar refractivity (Wildman–Crippen MR) is 132 cm³/mol. The summed E-state index contributed by atoms with van der Waals surface area (Å²) in [7, 11) is 0. The third-order valence-corrected chi connectivity index (χ3v) is 8.14. The van der Waals surface area contributed by atoms with Crippen molar-refractivity contribution in [3.05, 3.63) is 64.5 Å². The summed E-state index contributed by atoms with van der Waals surface area (Å²) in [6.45, 7) is 2.25. The average molecular weight is 491 g/mol. The van der Waals surface area contributed by atoms with Crippen molar-refractivity contribution in [1.82, 2.24) is 0 Å². The number of alkyl halides is 3. The zero-order valence-electron chi connectivity index (χ0n) is 20.8. The van der Waals surface area contributed by atoms with E-state index in [1.807, 2.05) is 6.07 Å². The number of rotatable bonds is 9. The Morgan fingerprint density at radius 2 is 1.60 bits per heavy atom. The minimum atomic E-state index is -4.69. The molecule has 0 saturated heterocycles. The van der Waals surface area contributed by atoms with Crippen LogP contribution in [-0.4, -0.2) is 6.36 Å². The highest BCUT2D eigenvalue weighted by Gasteiger charge is 2.32. The van der Waals surface area contributed by atoms with Crippen molar-refractivity contribution in [2.45, 2.75) is 109 Å². The van der Waals surface area contributed by atoms with Crippen LogP contribution in [0.15, 0.2) is 36.4 Å². The van der Waals surface area contributed by atoms with Crippen LogP contribution in [0, 0.1) is 11.7 Å². The molecule has 0 amide bonds. The standard InChI is InChI=1S/C30H38F4O/c1-2-3-4-5-6-7-21-8-10-22(11-9-21)25-15-17-28(29(31)20-25)26-13-12-24-19-27(35-30(32,33)34)16-14-23(24)18-26/h14-17,19-22,26H,2-13,18H2,1H3.